The third kappa shape index (κ3) is 2.43. The van der Waals surface area contributed by atoms with Gasteiger partial charge in [-0.3, -0.25) is 9.59 Å². The van der Waals surface area contributed by atoms with Crippen molar-refractivity contribution in [3.05, 3.63) is 59.2 Å². The lowest BCUT2D eigenvalue weighted by Crippen LogP contribution is -2.37. The summed E-state index contributed by atoms with van der Waals surface area (Å²) in [5, 5.41) is 12.7. The number of hydrogen-bond acceptors (Lipinski definition) is 4. The van der Waals surface area contributed by atoms with Crippen LogP contribution in [0.4, 0.5) is 14.5 Å². The molecule has 0 aromatic heterocycles. The van der Waals surface area contributed by atoms with Crippen molar-refractivity contribution in [3.8, 4) is 5.75 Å². The molecule has 0 fully saturated rings. The fourth-order valence-electron chi connectivity index (χ4n) is 2.69. The summed E-state index contributed by atoms with van der Waals surface area (Å²) in [5.74, 6) is -2.94. The largest absolute Gasteiger partial charge is 0.497 e. The highest BCUT2D eigenvalue weighted by atomic mass is 19.1. The number of methoxy groups -OCH3 is 1. The smallest absolute Gasteiger partial charge is 0.261 e. The van der Waals surface area contributed by atoms with Crippen molar-refractivity contribution >= 4 is 17.4 Å². The molecule has 1 aliphatic rings. The van der Waals surface area contributed by atoms with Gasteiger partial charge in [-0.1, -0.05) is 0 Å². The monoisotopic (exact) mass is 333 g/mol. The molecule has 0 aliphatic carbocycles. The van der Waals surface area contributed by atoms with Crippen LogP contribution in [0, 0.1) is 11.6 Å². The molecule has 24 heavy (non-hydrogen) atoms. The van der Waals surface area contributed by atoms with Crippen LogP contribution in [-0.2, 0) is 10.4 Å². The second-order valence-electron chi connectivity index (χ2n) is 5.42. The molecule has 1 unspecified atom stereocenters. The van der Waals surface area contributed by atoms with E-state index in [2.05, 4.69) is 5.32 Å². The molecular weight excluding hydrogens is 320 g/mol. The standard InChI is InChI=1S/C17H13F2NO4/c1-24-10-4-2-9(3-5-10)13(21)8-17(23)14-11(18)6-7-12(19)15(14)20-16(17)22/h2-7,23H,8H2,1H3,(H,20,22). The lowest BCUT2D eigenvalue weighted by atomic mass is 9.87. The highest BCUT2D eigenvalue weighted by Gasteiger charge is 2.50. The van der Waals surface area contributed by atoms with Gasteiger partial charge in [0.15, 0.2) is 11.4 Å². The minimum atomic E-state index is -2.46. The maximum atomic E-state index is 14.0. The van der Waals surface area contributed by atoms with Crippen molar-refractivity contribution in [1.29, 1.82) is 0 Å². The van der Waals surface area contributed by atoms with Gasteiger partial charge in [0.05, 0.1) is 24.8 Å². The Morgan fingerprint density at radius 2 is 1.79 bits per heavy atom. The second kappa shape index (κ2) is 5.68. The van der Waals surface area contributed by atoms with Crippen LogP contribution in [0.3, 0.4) is 0 Å². The number of ether oxygens (including phenoxy) is 1. The zero-order valence-electron chi connectivity index (χ0n) is 12.6. The molecule has 1 atom stereocenters. The van der Waals surface area contributed by atoms with Gasteiger partial charge in [-0.25, -0.2) is 8.78 Å². The molecular formula is C17H13F2NO4. The van der Waals surface area contributed by atoms with E-state index in [9.17, 15) is 23.5 Å². The van der Waals surface area contributed by atoms with Crippen molar-refractivity contribution < 1.29 is 28.2 Å². The van der Waals surface area contributed by atoms with E-state index in [-0.39, 0.29) is 5.56 Å². The van der Waals surface area contributed by atoms with E-state index in [0.717, 1.165) is 12.1 Å². The lowest BCUT2D eigenvalue weighted by molar-refractivity contribution is -0.133. The molecule has 0 bridgehead atoms. The Hall–Kier alpha value is -2.80. The van der Waals surface area contributed by atoms with E-state index < -0.39 is 46.6 Å². The van der Waals surface area contributed by atoms with Crippen LogP contribution in [0.15, 0.2) is 36.4 Å². The Labute approximate surface area is 135 Å². The number of fused-ring (bicyclic) bond motifs is 1. The van der Waals surface area contributed by atoms with Gasteiger partial charge in [-0.15, -0.1) is 0 Å². The summed E-state index contributed by atoms with van der Waals surface area (Å²) in [7, 11) is 1.47. The van der Waals surface area contributed by atoms with Crippen LogP contribution in [0.25, 0.3) is 0 Å². The number of Topliss-reactive ketones (excluding diaryl/α,β-unsaturated/α-hetero) is 1. The minimum Gasteiger partial charge on any atom is -0.497 e. The number of halogens is 2. The number of aliphatic hydroxyl groups is 1. The van der Waals surface area contributed by atoms with Gasteiger partial charge in [-0.2, -0.15) is 0 Å². The van der Waals surface area contributed by atoms with Gasteiger partial charge in [0, 0.05) is 5.56 Å². The number of carbonyl (C=O) groups excluding carboxylic acids is 2. The summed E-state index contributed by atoms with van der Waals surface area (Å²) < 4.78 is 32.8. The third-order valence-corrected chi connectivity index (χ3v) is 3.96. The maximum absolute atomic E-state index is 14.0. The Bertz CT molecular complexity index is 835. The first-order chi connectivity index (χ1) is 11.4. The number of hydrogen-bond donors (Lipinski definition) is 2. The predicted molar refractivity (Wildman–Crippen MR) is 80.8 cm³/mol. The van der Waals surface area contributed by atoms with Gasteiger partial charge >= 0.3 is 0 Å². The van der Waals surface area contributed by atoms with Crippen LogP contribution in [0.2, 0.25) is 0 Å². The SMILES string of the molecule is COc1ccc(C(=O)CC2(O)C(=O)Nc3c(F)ccc(F)c32)cc1. The van der Waals surface area contributed by atoms with Crippen molar-refractivity contribution in [3.63, 3.8) is 0 Å². The van der Waals surface area contributed by atoms with Crippen LogP contribution in [0.5, 0.6) is 5.75 Å². The molecule has 2 N–H and O–H groups in total. The van der Waals surface area contributed by atoms with E-state index in [0.29, 0.717) is 5.75 Å². The Balaban J connectivity index is 1.96. The number of rotatable bonds is 4. The summed E-state index contributed by atoms with van der Waals surface area (Å²) >= 11 is 0. The number of carbonyl (C=O) groups is 2. The van der Waals surface area contributed by atoms with Crippen molar-refractivity contribution in [2.45, 2.75) is 12.0 Å². The van der Waals surface area contributed by atoms with E-state index in [1.807, 2.05) is 0 Å². The zero-order valence-corrected chi connectivity index (χ0v) is 12.6. The van der Waals surface area contributed by atoms with Crippen molar-refractivity contribution in [1.82, 2.24) is 0 Å². The molecule has 0 saturated heterocycles. The number of ketones is 1. The fraction of sp³-hybridized carbons (Fsp3) is 0.176. The summed E-state index contributed by atoms with van der Waals surface area (Å²) in [6.07, 6.45) is -0.710. The molecule has 3 rings (SSSR count). The van der Waals surface area contributed by atoms with Gasteiger partial charge in [0.25, 0.3) is 5.91 Å². The first-order valence-electron chi connectivity index (χ1n) is 7.06. The van der Waals surface area contributed by atoms with Crippen molar-refractivity contribution in [2.75, 3.05) is 12.4 Å². The Morgan fingerprint density at radius 3 is 2.42 bits per heavy atom. The normalized spacial score (nSPS) is 18.9. The molecule has 1 heterocycles. The number of benzene rings is 2. The van der Waals surface area contributed by atoms with Gasteiger partial charge in [0.2, 0.25) is 0 Å². The highest BCUT2D eigenvalue weighted by Crippen LogP contribution is 2.42. The van der Waals surface area contributed by atoms with Crippen LogP contribution in [-0.4, -0.2) is 23.9 Å². The molecule has 0 saturated carbocycles. The Kier molecular flexibility index (Phi) is 3.81. The van der Waals surface area contributed by atoms with Gasteiger partial charge in [0.1, 0.15) is 17.4 Å². The summed E-state index contributed by atoms with van der Waals surface area (Å²) in [6, 6.07) is 7.64. The molecule has 1 amide bonds. The second-order valence-corrected chi connectivity index (χ2v) is 5.42. The number of nitrogens with one attached hydrogen (secondary N) is 1. The van der Waals surface area contributed by atoms with E-state index in [1.54, 1.807) is 12.1 Å². The first kappa shape index (κ1) is 16.1. The van der Waals surface area contributed by atoms with Crippen LogP contribution < -0.4 is 10.1 Å². The number of anilines is 1. The molecule has 7 heteroatoms. The quantitative estimate of drug-likeness (QED) is 0.843. The van der Waals surface area contributed by atoms with E-state index in [4.69, 9.17) is 4.74 Å². The summed E-state index contributed by atoms with van der Waals surface area (Å²) in [6.45, 7) is 0. The lowest BCUT2D eigenvalue weighted by Gasteiger charge is -2.20. The molecule has 124 valence electrons. The average molecular weight is 333 g/mol. The van der Waals surface area contributed by atoms with Gasteiger partial charge < -0.3 is 15.2 Å². The van der Waals surface area contributed by atoms with E-state index >= 15 is 0 Å². The first-order valence-corrected chi connectivity index (χ1v) is 7.06. The molecule has 0 radical (unpaired) electrons. The Morgan fingerprint density at radius 1 is 1.17 bits per heavy atom. The molecule has 1 aliphatic heterocycles. The van der Waals surface area contributed by atoms with Crippen molar-refractivity contribution in [2.24, 2.45) is 0 Å². The predicted octanol–water partition coefficient (Wildman–Crippen LogP) is 2.39. The molecule has 0 spiro atoms. The zero-order chi connectivity index (χ0) is 17.5. The average Bonchev–Trinajstić information content (AvgIpc) is 2.83. The third-order valence-electron chi connectivity index (χ3n) is 3.96. The molecule has 2 aromatic rings. The van der Waals surface area contributed by atoms with E-state index in [1.165, 1.54) is 19.2 Å². The maximum Gasteiger partial charge on any atom is 0.261 e. The number of amides is 1. The summed E-state index contributed by atoms with van der Waals surface area (Å²) in [4.78, 5) is 24.4. The fourth-order valence-corrected chi connectivity index (χ4v) is 2.69. The van der Waals surface area contributed by atoms with Gasteiger partial charge in [-0.05, 0) is 36.4 Å². The topological polar surface area (TPSA) is 75.6 Å². The minimum absolute atomic E-state index is 0.210. The highest BCUT2D eigenvalue weighted by molar-refractivity contribution is 6.09. The van der Waals surface area contributed by atoms with Crippen LogP contribution in [0.1, 0.15) is 22.3 Å². The molecule has 5 nitrogen and oxygen atoms in total. The summed E-state index contributed by atoms with van der Waals surface area (Å²) in [5.41, 5.74) is -3.24. The van der Waals surface area contributed by atoms with Crippen LogP contribution >= 0.6 is 0 Å². The molecule has 2 aromatic carbocycles.